The number of rotatable bonds is 21. The number of ether oxygens (including phenoxy) is 2. The lowest BCUT2D eigenvalue weighted by molar-refractivity contribution is -0.144. The van der Waals surface area contributed by atoms with Crippen molar-refractivity contribution in [1.82, 2.24) is 25.3 Å². The summed E-state index contributed by atoms with van der Waals surface area (Å²) in [5, 5.41) is 5.72. The number of Topliss-reactive ketones (excluding diaryl/α,β-unsaturated/α-hetero) is 1. The van der Waals surface area contributed by atoms with E-state index in [-0.39, 0.29) is 65.7 Å². The zero-order chi connectivity index (χ0) is 40.2. The van der Waals surface area contributed by atoms with Crippen LogP contribution in [0.4, 0.5) is 0 Å². The summed E-state index contributed by atoms with van der Waals surface area (Å²) in [5.41, 5.74) is 1.67. The average Bonchev–Trinajstić information content (AvgIpc) is 3.57. The molecule has 0 aliphatic carbocycles. The molecule has 0 unspecified atom stereocenters. The summed E-state index contributed by atoms with van der Waals surface area (Å²) in [6.07, 6.45) is 1.97. The van der Waals surface area contributed by atoms with Crippen molar-refractivity contribution in [2.24, 2.45) is 23.7 Å². The number of ketones is 1. The summed E-state index contributed by atoms with van der Waals surface area (Å²) < 4.78 is 12.0. The van der Waals surface area contributed by atoms with Crippen LogP contribution < -0.4 is 10.6 Å². The zero-order valence-electron chi connectivity index (χ0n) is 34.7. The molecule has 1 saturated heterocycles. The Bertz CT molecular complexity index is 1340. The van der Waals surface area contributed by atoms with Crippen LogP contribution in [0.25, 0.3) is 0 Å². The number of nitrogens with zero attached hydrogens (tertiary/aromatic N) is 3. The first kappa shape index (κ1) is 46.0. The summed E-state index contributed by atoms with van der Waals surface area (Å²) in [6.45, 7) is 16.4. The quantitative estimate of drug-likeness (QED) is 0.178. The van der Waals surface area contributed by atoms with Crippen LogP contribution in [-0.4, -0.2) is 129 Å². The Morgan fingerprint density at radius 1 is 0.868 bits per heavy atom. The topological polar surface area (TPSA) is 138 Å². The molecule has 53 heavy (non-hydrogen) atoms. The van der Waals surface area contributed by atoms with Crippen LogP contribution in [-0.2, 0) is 35.1 Å². The van der Waals surface area contributed by atoms with E-state index in [0.717, 1.165) is 18.4 Å². The fourth-order valence-corrected chi connectivity index (χ4v) is 8.14. The van der Waals surface area contributed by atoms with Crippen LogP contribution in [0, 0.1) is 23.7 Å². The largest absolute Gasteiger partial charge is 0.379 e. The van der Waals surface area contributed by atoms with Crippen molar-refractivity contribution in [3.05, 3.63) is 35.4 Å². The van der Waals surface area contributed by atoms with Crippen LogP contribution in [0.2, 0.25) is 0 Å². The lowest BCUT2D eigenvalue weighted by atomic mass is 9.87. The van der Waals surface area contributed by atoms with Gasteiger partial charge >= 0.3 is 0 Å². The van der Waals surface area contributed by atoms with E-state index in [9.17, 15) is 24.0 Å². The molecular formula is C41H69N5O7. The number of carbonyl (C=O) groups excluding carboxylic acids is 5. The molecule has 1 aromatic rings. The highest BCUT2D eigenvalue weighted by molar-refractivity contribution is 6.00. The minimum absolute atomic E-state index is 0.0121. The van der Waals surface area contributed by atoms with Crippen molar-refractivity contribution in [2.75, 3.05) is 48.5 Å². The lowest BCUT2D eigenvalue weighted by Crippen LogP contribution is -2.60. The highest BCUT2D eigenvalue weighted by atomic mass is 16.5. The molecule has 300 valence electrons. The molecule has 4 amide bonds. The molecule has 0 bridgehead atoms. The maximum Gasteiger partial charge on any atom is 0.244 e. The molecule has 8 atom stereocenters. The summed E-state index contributed by atoms with van der Waals surface area (Å²) in [4.78, 5) is 71.8. The van der Waals surface area contributed by atoms with Crippen molar-refractivity contribution >= 4 is 29.4 Å². The molecule has 1 fully saturated rings. The van der Waals surface area contributed by atoms with Crippen LogP contribution in [0.5, 0.6) is 0 Å². The Balaban J connectivity index is 2.20. The third kappa shape index (κ3) is 12.4. The number of likely N-dealkylation sites (N-methyl/N-ethyl adjacent to an activating group) is 2. The molecule has 0 radical (unpaired) electrons. The van der Waals surface area contributed by atoms with E-state index in [2.05, 4.69) is 24.5 Å². The van der Waals surface area contributed by atoms with Gasteiger partial charge in [0, 0.05) is 38.9 Å². The lowest BCUT2D eigenvalue weighted by Gasteiger charge is -2.43. The number of benzene rings is 1. The summed E-state index contributed by atoms with van der Waals surface area (Å²) in [5.74, 6) is -1.48. The molecule has 2 N–H and O–H groups in total. The van der Waals surface area contributed by atoms with Gasteiger partial charge in [-0.15, -0.1) is 0 Å². The normalized spacial score (nSPS) is 18.8. The molecule has 12 nitrogen and oxygen atoms in total. The molecule has 1 aromatic carbocycles. The molecule has 1 aliphatic rings. The highest BCUT2D eigenvalue weighted by Crippen LogP contribution is 2.30. The Labute approximate surface area is 319 Å². The molecule has 1 aliphatic heterocycles. The van der Waals surface area contributed by atoms with Gasteiger partial charge in [-0.2, -0.15) is 0 Å². The van der Waals surface area contributed by atoms with Crippen molar-refractivity contribution in [1.29, 1.82) is 0 Å². The smallest absolute Gasteiger partial charge is 0.244 e. The molecule has 2 rings (SSSR count). The van der Waals surface area contributed by atoms with Gasteiger partial charge in [0.05, 0.1) is 42.7 Å². The van der Waals surface area contributed by atoms with Crippen LogP contribution in [0.15, 0.2) is 24.3 Å². The Morgan fingerprint density at radius 3 is 1.94 bits per heavy atom. The fourth-order valence-electron chi connectivity index (χ4n) is 8.14. The minimum atomic E-state index is -0.641. The average molecular weight is 744 g/mol. The van der Waals surface area contributed by atoms with E-state index in [1.54, 1.807) is 26.4 Å². The maximum atomic E-state index is 14.2. The first-order chi connectivity index (χ1) is 24.9. The SMILES string of the molecule is CC[C@H](C)[C@@H]([C@@H](CC(=O)N1CCC[C@H]1[C@H](OC)[C@@H](C)C(=O)NCCc1ccc(C(C)=O)cc1)OC)N(C)[C@H](C(=O)NC(=O)[C@H](C(C)C)N(C)C)C(C)C. The summed E-state index contributed by atoms with van der Waals surface area (Å²) in [7, 11) is 8.73. The predicted octanol–water partition coefficient (Wildman–Crippen LogP) is 4.20. The van der Waals surface area contributed by atoms with Gasteiger partial charge in [-0.05, 0) is 70.6 Å². The van der Waals surface area contributed by atoms with Gasteiger partial charge < -0.3 is 19.7 Å². The highest BCUT2D eigenvalue weighted by Gasteiger charge is 2.43. The first-order valence-corrected chi connectivity index (χ1v) is 19.4. The second kappa shape index (κ2) is 21.6. The van der Waals surface area contributed by atoms with Crippen molar-refractivity contribution in [3.8, 4) is 0 Å². The van der Waals surface area contributed by atoms with Crippen LogP contribution in [0.1, 0.15) is 97.0 Å². The fraction of sp³-hybridized carbons (Fsp3) is 0.732. The Morgan fingerprint density at radius 2 is 1.45 bits per heavy atom. The summed E-state index contributed by atoms with van der Waals surface area (Å²) >= 11 is 0. The Hall–Kier alpha value is -3.19. The number of hydrogen-bond donors (Lipinski definition) is 2. The van der Waals surface area contributed by atoms with Crippen molar-refractivity contribution in [3.63, 3.8) is 0 Å². The van der Waals surface area contributed by atoms with Gasteiger partial charge in [-0.1, -0.05) is 79.2 Å². The standard InChI is InChI=1S/C41H69N5O7/c1-14-27(6)37(45(11)36(26(4)5)41(51)43-40(50)35(25(2)3)44(9)10)33(52-12)24-34(48)46-23-15-16-32(46)38(53-13)28(7)39(49)42-22-21-30-17-19-31(20-18-30)29(8)47/h17-20,25-28,32-33,35-38H,14-16,21-24H2,1-13H3,(H,42,49)(H,43,50,51)/t27-,28+,32-,33+,35-,36-,37-,38+/m0/s1. The van der Waals surface area contributed by atoms with Gasteiger partial charge in [-0.3, -0.25) is 39.1 Å². The first-order valence-electron chi connectivity index (χ1n) is 19.4. The number of likely N-dealkylation sites (tertiary alicyclic amines) is 1. The molecule has 0 saturated carbocycles. The number of carbonyl (C=O) groups is 5. The second-order valence-electron chi connectivity index (χ2n) is 15.8. The minimum Gasteiger partial charge on any atom is -0.379 e. The predicted molar refractivity (Wildman–Crippen MR) is 208 cm³/mol. The number of methoxy groups -OCH3 is 2. The van der Waals surface area contributed by atoms with Gasteiger partial charge in [-0.25, -0.2) is 0 Å². The maximum absolute atomic E-state index is 14.2. The third-order valence-electron chi connectivity index (χ3n) is 11.0. The van der Waals surface area contributed by atoms with Crippen LogP contribution in [0.3, 0.4) is 0 Å². The van der Waals surface area contributed by atoms with E-state index in [1.807, 2.05) is 82.6 Å². The van der Waals surface area contributed by atoms with Crippen molar-refractivity contribution in [2.45, 2.75) is 124 Å². The van der Waals surface area contributed by atoms with Crippen molar-refractivity contribution < 1.29 is 33.4 Å². The third-order valence-corrected chi connectivity index (χ3v) is 11.0. The number of hydrogen-bond acceptors (Lipinski definition) is 9. The van der Waals surface area contributed by atoms with Gasteiger partial charge in [0.1, 0.15) is 0 Å². The van der Waals surface area contributed by atoms with Gasteiger partial charge in [0.15, 0.2) is 5.78 Å². The van der Waals surface area contributed by atoms with E-state index >= 15 is 0 Å². The molecule has 0 spiro atoms. The molecular weight excluding hydrogens is 674 g/mol. The van der Waals surface area contributed by atoms with E-state index in [1.165, 1.54) is 6.92 Å². The molecule has 0 aromatic heterocycles. The van der Waals surface area contributed by atoms with Gasteiger partial charge in [0.2, 0.25) is 23.6 Å². The Kier molecular flexibility index (Phi) is 18.8. The number of amides is 4. The van der Waals surface area contributed by atoms with E-state index in [0.29, 0.717) is 31.5 Å². The monoisotopic (exact) mass is 744 g/mol. The number of imide groups is 1. The zero-order valence-corrected chi connectivity index (χ0v) is 34.7. The number of nitrogens with one attached hydrogen (secondary N) is 2. The van der Waals surface area contributed by atoms with E-state index < -0.39 is 30.2 Å². The second-order valence-corrected chi connectivity index (χ2v) is 15.8. The molecule has 12 heteroatoms. The van der Waals surface area contributed by atoms with Gasteiger partial charge in [0.25, 0.3) is 0 Å². The summed E-state index contributed by atoms with van der Waals surface area (Å²) in [6, 6.07) is 5.70. The van der Waals surface area contributed by atoms with Crippen LogP contribution >= 0.6 is 0 Å². The van der Waals surface area contributed by atoms with E-state index in [4.69, 9.17) is 9.47 Å². The molecule has 1 heterocycles.